The lowest BCUT2D eigenvalue weighted by molar-refractivity contribution is -0.136. The highest BCUT2D eigenvalue weighted by Crippen LogP contribution is 2.36. The number of fused-ring (bicyclic) bond motifs is 1. The summed E-state index contributed by atoms with van der Waals surface area (Å²) in [5.74, 6) is 1.43. The van der Waals surface area contributed by atoms with Gasteiger partial charge in [0.05, 0.1) is 17.1 Å². The van der Waals surface area contributed by atoms with E-state index in [1.807, 2.05) is 30.5 Å². The number of imide groups is 1. The third-order valence-corrected chi connectivity index (χ3v) is 7.00. The minimum Gasteiger partial charge on any atom is -0.345 e. The van der Waals surface area contributed by atoms with Crippen LogP contribution in [0.2, 0.25) is 0 Å². The Hall–Kier alpha value is -2.55. The molecule has 4 amide bonds. The highest BCUT2D eigenvalue weighted by Gasteiger charge is 2.52. The number of H-pyrrole nitrogens is 1. The number of hydrogen-bond donors (Lipinski definition) is 3. The van der Waals surface area contributed by atoms with E-state index < -0.39 is 11.6 Å². The Balaban J connectivity index is 1.45. The SMILES string of the molecule is CSCCC(NC(=O)CN1C(=O)NC2(CCC(C)CC2)C1=O)c1nc2ccccc2[nH]1. The molecule has 1 unspecified atom stereocenters. The molecule has 0 bridgehead atoms. The van der Waals surface area contributed by atoms with Gasteiger partial charge in [-0.1, -0.05) is 19.1 Å². The Kier molecular flexibility index (Phi) is 6.22. The van der Waals surface area contributed by atoms with Gasteiger partial charge in [-0.15, -0.1) is 0 Å². The first-order chi connectivity index (χ1) is 14.9. The summed E-state index contributed by atoms with van der Waals surface area (Å²) in [6.07, 6.45) is 5.76. The maximum atomic E-state index is 13.0. The normalized spacial score (nSPS) is 24.6. The van der Waals surface area contributed by atoms with Crippen molar-refractivity contribution in [3.05, 3.63) is 30.1 Å². The van der Waals surface area contributed by atoms with Crippen LogP contribution in [-0.4, -0.2) is 56.8 Å². The zero-order chi connectivity index (χ0) is 22.0. The molecule has 1 aliphatic heterocycles. The number of amides is 4. The lowest BCUT2D eigenvalue weighted by Gasteiger charge is -2.33. The number of carbonyl (C=O) groups is 3. The Labute approximate surface area is 185 Å². The van der Waals surface area contributed by atoms with Crippen LogP contribution in [0.3, 0.4) is 0 Å². The molecule has 1 spiro atoms. The van der Waals surface area contributed by atoms with Crippen LogP contribution in [0.5, 0.6) is 0 Å². The van der Waals surface area contributed by atoms with E-state index >= 15 is 0 Å². The number of benzene rings is 1. The average molecular weight is 444 g/mol. The fourth-order valence-corrected chi connectivity index (χ4v) is 4.92. The minimum atomic E-state index is -0.832. The lowest BCUT2D eigenvalue weighted by Crippen LogP contribution is -2.50. The van der Waals surface area contributed by atoms with Crippen molar-refractivity contribution in [2.24, 2.45) is 5.92 Å². The number of para-hydroxylation sites is 2. The van der Waals surface area contributed by atoms with Crippen LogP contribution < -0.4 is 10.6 Å². The standard InChI is InChI=1S/C22H29N5O3S/c1-14-7-10-22(11-8-14)20(29)27(21(30)26-22)13-18(28)23-17(9-12-31-2)19-24-15-5-3-4-6-16(15)25-19/h3-6,14,17H,7-13H2,1-2H3,(H,23,28)(H,24,25)(H,26,30). The Morgan fingerprint density at radius 1 is 1.32 bits per heavy atom. The summed E-state index contributed by atoms with van der Waals surface area (Å²) < 4.78 is 0. The average Bonchev–Trinajstić information content (AvgIpc) is 3.28. The number of rotatable bonds is 7. The van der Waals surface area contributed by atoms with Crippen LogP contribution in [0.25, 0.3) is 11.0 Å². The van der Waals surface area contributed by atoms with Crippen LogP contribution in [0, 0.1) is 5.92 Å². The van der Waals surface area contributed by atoms with E-state index in [9.17, 15) is 14.4 Å². The van der Waals surface area contributed by atoms with Crippen molar-refractivity contribution in [1.29, 1.82) is 0 Å². The fourth-order valence-electron chi connectivity index (χ4n) is 4.45. The van der Waals surface area contributed by atoms with Crippen LogP contribution >= 0.6 is 11.8 Å². The summed E-state index contributed by atoms with van der Waals surface area (Å²) in [4.78, 5) is 47.3. The summed E-state index contributed by atoms with van der Waals surface area (Å²) in [5, 5.41) is 5.84. The van der Waals surface area contributed by atoms with Crippen LogP contribution in [0.4, 0.5) is 4.79 Å². The molecule has 1 atom stereocenters. The van der Waals surface area contributed by atoms with Gasteiger partial charge in [-0.25, -0.2) is 9.78 Å². The molecule has 0 radical (unpaired) electrons. The summed E-state index contributed by atoms with van der Waals surface area (Å²) in [7, 11) is 0. The van der Waals surface area contributed by atoms with E-state index in [1.54, 1.807) is 11.8 Å². The molecule has 166 valence electrons. The molecule has 1 saturated heterocycles. The van der Waals surface area contributed by atoms with Crippen LogP contribution in [-0.2, 0) is 9.59 Å². The molecule has 2 heterocycles. The third-order valence-electron chi connectivity index (χ3n) is 6.36. The quantitative estimate of drug-likeness (QED) is 0.570. The molecule has 9 heteroatoms. The first-order valence-electron chi connectivity index (χ1n) is 10.8. The van der Waals surface area contributed by atoms with Gasteiger partial charge in [0, 0.05) is 0 Å². The number of nitrogens with one attached hydrogen (secondary N) is 3. The molecule has 31 heavy (non-hydrogen) atoms. The molecule has 1 aromatic carbocycles. The maximum Gasteiger partial charge on any atom is 0.325 e. The van der Waals surface area contributed by atoms with Crippen molar-refractivity contribution in [2.45, 2.75) is 50.6 Å². The molecule has 1 aliphatic carbocycles. The molecule has 8 nitrogen and oxygen atoms in total. The number of aromatic nitrogens is 2. The largest absolute Gasteiger partial charge is 0.345 e. The zero-order valence-electron chi connectivity index (χ0n) is 17.9. The lowest BCUT2D eigenvalue weighted by atomic mass is 9.77. The Morgan fingerprint density at radius 2 is 2.06 bits per heavy atom. The second-order valence-corrected chi connectivity index (χ2v) is 9.61. The summed E-state index contributed by atoms with van der Waals surface area (Å²) in [6, 6.07) is 6.91. The maximum absolute atomic E-state index is 13.0. The highest BCUT2D eigenvalue weighted by atomic mass is 32.2. The predicted octanol–water partition coefficient (Wildman–Crippen LogP) is 2.97. The first-order valence-corrected chi connectivity index (χ1v) is 12.2. The summed E-state index contributed by atoms with van der Waals surface area (Å²) >= 11 is 1.69. The van der Waals surface area contributed by atoms with Gasteiger partial charge >= 0.3 is 6.03 Å². The van der Waals surface area contributed by atoms with Gasteiger partial charge in [-0.3, -0.25) is 14.5 Å². The van der Waals surface area contributed by atoms with E-state index in [0.717, 1.165) is 34.5 Å². The van der Waals surface area contributed by atoms with Gasteiger partial charge in [0.1, 0.15) is 17.9 Å². The van der Waals surface area contributed by atoms with Crippen molar-refractivity contribution in [2.75, 3.05) is 18.6 Å². The van der Waals surface area contributed by atoms with Crippen molar-refractivity contribution in [3.63, 3.8) is 0 Å². The number of nitrogens with zero attached hydrogens (tertiary/aromatic N) is 2. The molecule has 2 aliphatic rings. The number of carbonyl (C=O) groups excluding carboxylic acids is 3. The second-order valence-electron chi connectivity index (χ2n) is 8.63. The summed E-state index contributed by atoms with van der Waals surface area (Å²) in [5.41, 5.74) is 0.910. The molecule has 2 aromatic rings. The molecular weight excluding hydrogens is 414 g/mol. The predicted molar refractivity (Wildman–Crippen MR) is 121 cm³/mol. The zero-order valence-corrected chi connectivity index (χ0v) is 18.8. The minimum absolute atomic E-state index is 0.274. The molecule has 3 N–H and O–H groups in total. The number of hydrogen-bond acceptors (Lipinski definition) is 5. The Bertz CT molecular complexity index is 949. The third kappa shape index (κ3) is 4.42. The molecule has 4 rings (SSSR count). The fraction of sp³-hybridized carbons (Fsp3) is 0.545. The van der Waals surface area contributed by atoms with E-state index in [2.05, 4.69) is 27.5 Å². The van der Waals surface area contributed by atoms with Crippen molar-refractivity contribution < 1.29 is 14.4 Å². The molecule has 2 fully saturated rings. The van der Waals surface area contributed by atoms with Gasteiger partial charge in [0.15, 0.2) is 0 Å². The van der Waals surface area contributed by atoms with Crippen molar-refractivity contribution in [1.82, 2.24) is 25.5 Å². The number of imidazole rings is 1. The van der Waals surface area contributed by atoms with E-state index in [0.29, 0.717) is 31.0 Å². The van der Waals surface area contributed by atoms with E-state index in [-0.39, 0.29) is 24.4 Å². The number of urea groups is 1. The molecular formula is C22H29N5O3S. The summed E-state index contributed by atoms with van der Waals surface area (Å²) in [6.45, 7) is 1.88. The second kappa shape index (κ2) is 8.90. The van der Waals surface area contributed by atoms with Gasteiger partial charge < -0.3 is 15.6 Å². The van der Waals surface area contributed by atoms with Gasteiger partial charge in [0.25, 0.3) is 5.91 Å². The number of aromatic amines is 1. The van der Waals surface area contributed by atoms with Gasteiger partial charge in [0.2, 0.25) is 5.91 Å². The topological polar surface area (TPSA) is 107 Å². The van der Waals surface area contributed by atoms with E-state index in [4.69, 9.17) is 0 Å². The molecule has 1 saturated carbocycles. The smallest absolute Gasteiger partial charge is 0.325 e. The monoisotopic (exact) mass is 443 g/mol. The van der Waals surface area contributed by atoms with Crippen molar-refractivity contribution >= 4 is 40.6 Å². The highest BCUT2D eigenvalue weighted by molar-refractivity contribution is 7.98. The number of thioether (sulfide) groups is 1. The van der Waals surface area contributed by atoms with Gasteiger partial charge in [-0.2, -0.15) is 11.8 Å². The van der Waals surface area contributed by atoms with E-state index in [1.165, 1.54) is 0 Å². The molecule has 1 aromatic heterocycles. The Morgan fingerprint density at radius 3 is 2.77 bits per heavy atom. The van der Waals surface area contributed by atoms with Crippen molar-refractivity contribution in [3.8, 4) is 0 Å². The van der Waals surface area contributed by atoms with Crippen LogP contribution in [0.1, 0.15) is 50.9 Å². The first kappa shape index (κ1) is 21.7. The van der Waals surface area contributed by atoms with Gasteiger partial charge in [-0.05, 0) is 62.2 Å². The van der Waals surface area contributed by atoms with Crippen LogP contribution in [0.15, 0.2) is 24.3 Å².